The summed E-state index contributed by atoms with van der Waals surface area (Å²) < 4.78 is 48.8. The van der Waals surface area contributed by atoms with Crippen LogP contribution in [0, 0.1) is 28.6 Å². The Kier molecular flexibility index (Phi) is 8.26. The lowest BCUT2D eigenvalue weighted by Crippen LogP contribution is -2.57. The van der Waals surface area contributed by atoms with E-state index in [1.165, 1.54) is 36.3 Å². The maximum Gasteiger partial charge on any atom is 0.408 e. The van der Waals surface area contributed by atoms with Crippen molar-refractivity contribution >= 4 is 29.0 Å². The number of nitriles is 1. The molecule has 1 aromatic carbocycles. The van der Waals surface area contributed by atoms with Crippen LogP contribution in [0.1, 0.15) is 57.7 Å². The molecule has 0 unspecified atom stereocenters. The summed E-state index contributed by atoms with van der Waals surface area (Å²) in [5.74, 6) is -5.55. The van der Waals surface area contributed by atoms with Crippen molar-refractivity contribution in [2.24, 2.45) is 17.3 Å². The Morgan fingerprint density at radius 3 is 2.66 bits per heavy atom. The minimum Gasteiger partial charge on any atom is -0.471 e. The highest BCUT2D eigenvalue weighted by atomic mass is 19.3. The van der Waals surface area contributed by atoms with Crippen LogP contribution < -0.4 is 10.1 Å². The number of alkyl halides is 2. The van der Waals surface area contributed by atoms with Crippen LogP contribution in [0.25, 0.3) is 11.0 Å². The van der Waals surface area contributed by atoms with Crippen LogP contribution in [0.3, 0.4) is 0 Å². The monoisotopic (exact) mass is 647 g/mol. The van der Waals surface area contributed by atoms with Gasteiger partial charge in [-0.25, -0.2) is 19.6 Å². The van der Waals surface area contributed by atoms with Crippen molar-refractivity contribution in [2.45, 2.75) is 76.7 Å². The number of carbonyl (C=O) groups excluding carboxylic acids is 3. The van der Waals surface area contributed by atoms with Crippen LogP contribution in [0.4, 0.5) is 13.6 Å². The van der Waals surface area contributed by atoms with E-state index < -0.39 is 65.2 Å². The molecule has 11 nitrogen and oxygen atoms in total. The average molecular weight is 648 g/mol. The molecule has 0 spiro atoms. The van der Waals surface area contributed by atoms with Crippen molar-refractivity contribution in [3.63, 3.8) is 0 Å². The number of esters is 1. The summed E-state index contributed by atoms with van der Waals surface area (Å²) >= 11 is 0. The molecule has 6 atom stereocenters. The number of nitrogens with one attached hydrogen (secondary N) is 1. The number of methoxy groups -OCH3 is 1. The SMILES string of the molecule is COC(=O)[C@@H]1C[C@@H]2CN1C(=O)[C@H](C(C)(C)C)NC(=O)O[C@@H]1C[C@@H]3C=C=C3[C@H]1CC/C=C/C(F)(F)c1nc3ccc(C#N)cc3nc1O2. The lowest BCUT2D eigenvalue weighted by atomic mass is 9.85. The van der Waals surface area contributed by atoms with Crippen LogP contribution in [0.15, 0.2) is 47.7 Å². The van der Waals surface area contributed by atoms with Crippen molar-refractivity contribution < 1.29 is 37.4 Å². The molecule has 0 radical (unpaired) electrons. The van der Waals surface area contributed by atoms with Crippen LogP contribution in [0.2, 0.25) is 0 Å². The number of benzene rings is 1. The molecule has 1 saturated carbocycles. The number of allylic oxidation sites excluding steroid dienone is 2. The van der Waals surface area contributed by atoms with Crippen molar-refractivity contribution in [3.05, 3.63) is 59.0 Å². The number of nitrogens with zero attached hydrogens (tertiary/aromatic N) is 4. The van der Waals surface area contributed by atoms with E-state index in [4.69, 9.17) is 14.2 Å². The van der Waals surface area contributed by atoms with Gasteiger partial charge in [0.2, 0.25) is 11.8 Å². The number of hydrogen-bond acceptors (Lipinski definition) is 9. The molecular formula is C34H35F2N5O6. The average Bonchev–Trinajstić information content (AvgIpc) is 3.53. The molecule has 3 heterocycles. The van der Waals surface area contributed by atoms with Crippen LogP contribution >= 0.6 is 0 Å². The number of rotatable bonds is 1. The molecule has 2 aliphatic heterocycles. The van der Waals surface area contributed by atoms with Gasteiger partial charge in [0, 0.05) is 18.3 Å². The Balaban J connectivity index is 1.43. The van der Waals surface area contributed by atoms with E-state index in [1.807, 2.05) is 12.1 Å². The second kappa shape index (κ2) is 12.1. The van der Waals surface area contributed by atoms with E-state index in [2.05, 4.69) is 21.0 Å². The Morgan fingerprint density at radius 2 is 1.98 bits per heavy atom. The molecule has 2 aromatic rings. The number of aromatic nitrogens is 2. The van der Waals surface area contributed by atoms with E-state index in [0.717, 1.165) is 11.6 Å². The zero-order valence-electron chi connectivity index (χ0n) is 26.5. The fourth-order valence-corrected chi connectivity index (χ4v) is 6.70. The first kappa shape index (κ1) is 32.1. The zero-order chi connectivity index (χ0) is 33.7. The summed E-state index contributed by atoms with van der Waals surface area (Å²) in [6.45, 7) is 5.13. The van der Waals surface area contributed by atoms with Crippen LogP contribution in [0.5, 0.6) is 5.88 Å². The third-order valence-corrected chi connectivity index (χ3v) is 9.16. The van der Waals surface area contributed by atoms with Crippen LogP contribution in [-0.4, -0.2) is 70.8 Å². The fraction of sp³-hybridized carbons (Fsp3) is 0.500. The third kappa shape index (κ3) is 6.17. The van der Waals surface area contributed by atoms with Gasteiger partial charge in [-0.05, 0) is 60.6 Å². The largest absolute Gasteiger partial charge is 0.471 e. The number of alkyl carbamates (subject to hydrolysis) is 1. The van der Waals surface area contributed by atoms with Gasteiger partial charge in [-0.2, -0.15) is 14.0 Å². The number of hydrogen-bond donors (Lipinski definition) is 1. The number of halogens is 2. The quantitative estimate of drug-likeness (QED) is 0.265. The first-order valence-corrected chi connectivity index (χ1v) is 15.6. The first-order chi connectivity index (χ1) is 22.3. The molecule has 4 aliphatic rings. The number of fused-ring (bicyclic) bond motifs is 7. The predicted molar refractivity (Wildman–Crippen MR) is 163 cm³/mol. The Morgan fingerprint density at radius 1 is 1.19 bits per heavy atom. The molecule has 1 N–H and O–H groups in total. The Bertz CT molecular complexity index is 1770. The van der Waals surface area contributed by atoms with Crippen molar-refractivity contribution in [1.82, 2.24) is 20.2 Å². The molecule has 1 aromatic heterocycles. The van der Waals surface area contributed by atoms with Crippen molar-refractivity contribution in [2.75, 3.05) is 13.7 Å². The van der Waals surface area contributed by atoms with E-state index >= 15 is 8.78 Å². The van der Waals surface area contributed by atoms with Gasteiger partial charge in [0.1, 0.15) is 24.3 Å². The van der Waals surface area contributed by atoms with E-state index in [-0.39, 0.29) is 47.8 Å². The Hall–Kier alpha value is -4.82. The summed E-state index contributed by atoms with van der Waals surface area (Å²) in [5, 5.41) is 12.1. The summed E-state index contributed by atoms with van der Waals surface area (Å²) in [6.07, 6.45) is 2.86. The topological polar surface area (TPSA) is 144 Å². The van der Waals surface area contributed by atoms with Gasteiger partial charge >= 0.3 is 18.0 Å². The number of amides is 2. The van der Waals surface area contributed by atoms with Crippen molar-refractivity contribution in [3.8, 4) is 11.9 Å². The van der Waals surface area contributed by atoms with E-state index in [1.54, 1.807) is 20.8 Å². The maximum atomic E-state index is 16.0. The highest BCUT2D eigenvalue weighted by molar-refractivity contribution is 5.91. The van der Waals surface area contributed by atoms with Gasteiger partial charge in [-0.15, -0.1) is 5.73 Å². The molecule has 2 fully saturated rings. The van der Waals surface area contributed by atoms with Crippen molar-refractivity contribution in [1.29, 1.82) is 5.26 Å². The molecule has 2 aliphatic carbocycles. The number of carbonyl (C=O) groups is 3. The molecule has 47 heavy (non-hydrogen) atoms. The standard InChI is InChI=1S/C34H35F2N5O6/c1-33(2,3)28-30(42)41-17-20(15-25(41)31(43)45-4)46-29-27(38-23-11-8-18(16-37)13-24(23)39-29)34(35,36)12-6-5-7-22-21-10-9-19(21)14-26(22)47-32(44)40-28/h6,8-9,11-13,19-20,22,25-26,28H,5,7,14-15,17H2,1-4H3,(H,40,44)/b12-6+/t19-,20+,22+,25-,26+,28+/m0/s1. The van der Waals surface area contributed by atoms with E-state index in [0.29, 0.717) is 12.8 Å². The molecular weight excluding hydrogens is 612 g/mol. The number of ether oxygens (including phenoxy) is 3. The maximum absolute atomic E-state index is 16.0. The minimum atomic E-state index is -3.62. The zero-order valence-corrected chi connectivity index (χ0v) is 26.5. The molecule has 2 amide bonds. The second-order valence-electron chi connectivity index (χ2n) is 13.4. The van der Waals surface area contributed by atoms with Gasteiger partial charge in [-0.1, -0.05) is 26.8 Å². The fourth-order valence-electron chi connectivity index (χ4n) is 6.70. The third-order valence-electron chi connectivity index (χ3n) is 9.16. The van der Waals surface area contributed by atoms with Gasteiger partial charge in [0.25, 0.3) is 0 Å². The van der Waals surface area contributed by atoms with E-state index in [9.17, 15) is 19.6 Å². The molecule has 246 valence electrons. The molecule has 6 rings (SSSR count). The molecule has 13 heteroatoms. The normalized spacial score (nSPS) is 29.3. The highest BCUT2D eigenvalue weighted by Gasteiger charge is 2.48. The smallest absolute Gasteiger partial charge is 0.408 e. The summed E-state index contributed by atoms with van der Waals surface area (Å²) in [6, 6.07) is 4.07. The Labute approximate surface area is 270 Å². The van der Waals surface area contributed by atoms with Gasteiger partial charge in [0.15, 0.2) is 5.69 Å². The predicted octanol–water partition coefficient (Wildman–Crippen LogP) is 4.71. The highest BCUT2D eigenvalue weighted by Crippen LogP contribution is 2.45. The summed E-state index contributed by atoms with van der Waals surface area (Å²) in [4.78, 5) is 50.2. The molecule has 1 saturated heterocycles. The first-order valence-electron chi connectivity index (χ1n) is 15.6. The van der Waals surface area contributed by atoms with Gasteiger partial charge < -0.3 is 24.4 Å². The summed E-state index contributed by atoms with van der Waals surface area (Å²) in [7, 11) is 1.18. The van der Waals surface area contributed by atoms with Gasteiger partial charge in [0.05, 0.1) is 36.3 Å². The second-order valence-corrected chi connectivity index (χ2v) is 13.4. The van der Waals surface area contributed by atoms with Gasteiger partial charge in [-0.3, -0.25) is 4.79 Å². The summed E-state index contributed by atoms with van der Waals surface area (Å²) in [5.41, 5.74) is 3.17. The molecule has 2 bridgehead atoms. The lowest BCUT2D eigenvalue weighted by Gasteiger charge is -2.35. The lowest BCUT2D eigenvalue weighted by molar-refractivity contribution is -0.152. The minimum absolute atomic E-state index is 0.0915. The van der Waals surface area contributed by atoms with Crippen LogP contribution in [-0.2, 0) is 25.0 Å².